The third-order valence-corrected chi connectivity index (χ3v) is 6.28. The van der Waals surface area contributed by atoms with E-state index in [-0.39, 0.29) is 35.1 Å². The van der Waals surface area contributed by atoms with Gasteiger partial charge in [-0.05, 0) is 36.4 Å². The van der Waals surface area contributed by atoms with Gasteiger partial charge in [0.1, 0.15) is 16.5 Å². The quantitative estimate of drug-likeness (QED) is 0.648. The lowest BCUT2D eigenvalue weighted by Gasteiger charge is -2.19. The molecule has 0 spiro atoms. The van der Waals surface area contributed by atoms with E-state index in [1.54, 1.807) is 13.8 Å². The Bertz CT molecular complexity index is 999. The van der Waals surface area contributed by atoms with E-state index in [0.717, 1.165) is 28.6 Å². The summed E-state index contributed by atoms with van der Waals surface area (Å²) in [5, 5.41) is 2.28. The molecule has 158 valence electrons. The highest BCUT2D eigenvalue weighted by Gasteiger charge is 2.26. The Morgan fingerprint density at radius 3 is 2.38 bits per heavy atom. The Morgan fingerprint density at radius 2 is 1.83 bits per heavy atom. The van der Waals surface area contributed by atoms with Gasteiger partial charge in [0.15, 0.2) is 0 Å². The fourth-order valence-electron chi connectivity index (χ4n) is 2.52. The van der Waals surface area contributed by atoms with Crippen LogP contribution in [-0.2, 0) is 10.0 Å². The number of amides is 1. The van der Waals surface area contributed by atoms with Crippen LogP contribution < -0.4 is 10.1 Å². The minimum Gasteiger partial charge on any atom is -0.433 e. The van der Waals surface area contributed by atoms with Crippen molar-refractivity contribution in [2.45, 2.75) is 25.4 Å². The van der Waals surface area contributed by atoms with E-state index >= 15 is 0 Å². The van der Waals surface area contributed by atoms with Gasteiger partial charge in [-0.1, -0.05) is 25.4 Å². The number of hydrogen-bond acceptors (Lipinski definition) is 4. The predicted octanol–water partition coefficient (Wildman–Crippen LogP) is 4.36. The van der Waals surface area contributed by atoms with Crippen molar-refractivity contribution in [2.24, 2.45) is 0 Å². The van der Waals surface area contributed by atoms with E-state index < -0.39 is 33.3 Å². The van der Waals surface area contributed by atoms with Crippen molar-refractivity contribution in [3.8, 4) is 5.75 Å². The fourth-order valence-corrected chi connectivity index (χ4v) is 4.29. The number of carbonyl (C=O) groups is 1. The van der Waals surface area contributed by atoms with Crippen molar-refractivity contribution in [2.75, 3.05) is 18.4 Å². The Balaban J connectivity index is 2.30. The molecule has 0 aliphatic carbocycles. The van der Waals surface area contributed by atoms with Crippen molar-refractivity contribution < 1.29 is 31.1 Å². The molecule has 0 aromatic heterocycles. The van der Waals surface area contributed by atoms with Crippen molar-refractivity contribution >= 4 is 33.2 Å². The van der Waals surface area contributed by atoms with E-state index in [1.807, 2.05) is 0 Å². The highest BCUT2D eigenvalue weighted by Crippen LogP contribution is 2.29. The van der Waals surface area contributed by atoms with Crippen LogP contribution in [0.15, 0.2) is 41.3 Å². The van der Waals surface area contributed by atoms with E-state index in [1.165, 1.54) is 12.1 Å². The summed E-state index contributed by atoms with van der Waals surface area (Å²) in [4.78, 5) is 11.8. The topological polar surface area (TPSA) is 75.7 Å². The molecule has 0 unspecified atom stereocenters. The van der Waals surface area contributed by atoms with Gasteiger partial charge < -0.3 is 10.1 Å². The largest absolute Gasteiger partial charge is 0.433 e. The summed E-state index contributed by atoms with van der Waals surface area (Å²) in [7, 11) is -4.11. The SMILES string of the molecule is CCN(CC)S(=O)(=O)c1cc(C(=O)Nc2ccc(OC(F)F)c(Cl)c2)ccc1F. The van der Waals surface area contributed by atoms with E-state index in [9.17, 15) is 26.4 Å². The minimum absolute atomic E-state index is 0.110. The molecule has 0 fully saturated rings. The molecular formula is C18H18ClF3N2O4S. The first-order valence-corrected chi connectivity index (χ1v) is 10.3. The molecule has 0 aliphatic rings. The first kappa shape index (κ1) is 23.0. The van der Waals surface area contributed by atoms with Crippen LogP contribution >= 0.6 is 11.6 Å². The lowest BCUT2D eigenvalue weighted by atomic mass is 10.2. The maximum atomic E-state index is 14.2. The number of carbonyl (C=O) groups excluding carboxylic acids is 1. The Morgan fingerprint density at radius 1 is 1.17 bits per heavy atom. The molecule has 0 saturated heterocycles. The second kappa shape index (κ2) is 9.47. The molecule has 0 radical (unpaired) electrons. The molecule has 1 amide bonds. The number of alkyl halides is 2. The summed E-state index contributed by atoms with van der Waals surface area (Å²) >= 11 is 5.83. The normalized spacial score (nSPS) is 11.7. The number of halogens is 4. The third kappa shape index (κ3) is 5.40. The van der Waals surface area contributed by atoms with Gasteiger partial charge in [0, 0.05) is 24.3 Å². The first-order chi connectivity index (χ1) is 13.6. The molecule has 11 heteroatoms. The molecule has 0 heterocycles. The molecule has 0 aliphatic heterocycles. The lowest BCUT2D eigenvalue weighted by Crippen LogP contribution is -2.31. The van der Waals surface area contributed by atoms with Crippen LogP contribution in [0.2, 0.25) is 5.02 Å². The molecule has 0 saturated carbocycles. The summed E-state index contributed by atoms with van der Waals surface area (Å²) in [6, 6.07) is 6.56. The number of rotatable bonds is 8. The molecule has 29 heavy (non-hydrogen) atoms. The van der Waals surface area contributed by atoms with Crippen molar-refractivity contribution in [3.05, 3.63) is 52.8 Å². The van der Waals surface area contributed by atoms with Crippen LogP contribution in [0.5, 0.6) is 5.75 Å². The predicted molar refractivity (Wildman–Crippen MR) is 103 cm³/mol. The summed E-state index contributed by atoms with van der Waals surface area (Å²) in [6.45, 7) is 0.445. The van der Waals surface area contributed by atoms with Gasteiger partial charge >= 0.3 is 6.61 Å². The average Bonchev–Trinajstić information content (AvgIpc) is 2.64. The van der Waals surface area contributed by atoms with Gasteiger partial charge in [-0.15, -0.1) is 0 Å². The highest BCUT2D eigenvalue weighted by molar-refractivity contribution is 7.89. The number of ether oxygens (including phenoxy) is 1. The van der Waals surface area contributed by atoms with Gasteiger partial charge in [-0.3, -0.25) is 4.79 Å². The number of benzene rings is 2. The Kier molecular flexibility index (Phi) is 7.50. The van der Waals surface area contributed by atoms with Crippen LogP contribution in [0.3, 0.4) is 0 Å². The van der Waals surface area contributed by atoms with Gasteiger partial charge in [0.05, 0.1) is 5.02 Å². The molecule has 0 bridgehead atoms. The van der Waals surface area contributed by atoms with Crippen molar-refractivity contribution in [3.63, 3.8) is 0 Å². The number of nitrogens with zero attached hydrogens (tertiary/aromatic N) is 1. The molecule has 2 aromatic carbocycles. The maximum absolute atomic E-state index is 14.2. The van der Waals surface area contributed by atoms with Gasteiger partial charge in [-0.25, -0.2) is 12.8 Å². The van der Waals surface area contributed by atoms with Crippen molar-refractivity contribution in [1.82, 2.24) is 4.31 Å². The second-order valence-electron chi connectivity index (χ2n) is 5.71. The van der Waals surface area contributed by atoms with E-state index in [2.05, 4.69) is 10.1 Å². The van der Waals surface area contributed by atoms with E-state index in [0.29, 0.717) is 0 Å². The van der Waals surface area contributed by atoms with Crippen LogP contribution in [0.25, 0.3) is 0 Å². The monoisotopic (exact) mass is 450 g/mol. The molecular weight excluding hydrogens is 433 g/mol. The zero-order valence-electron chi connectivity index (χ0n) is 15.5. The second-order valence-corrected chi connectivity index (χ2v) is 8.03. The third-order valence-electron chi connectivity index (χ3n) is 3.92. The zero-order valence-corrected chi connectivity index (χ0v) is 17.0. The average molecular weight is 451 g/mol. The van der Waals surface area contributed by atoms with Crippen molar-refractivity contribution in [1.29, 1.82) is 0 Å². The summed E-state index contributed by atoms with van der Waals surface area (Å²) in [6.07, 6.45) is 0. The smallest absolute Gasteiger partial charge is 0.387 e. The summed E-state index contributed by atoms with van der Waals surface area (Å²) < 4.78 is 69.1. The number of sulfonamides is 1. The van der Waals surface area contributed by atoms with Gasteiger partial charge in [0.25, 0.3) is 5.91 Å². The van der Waals surface area contributed by atoms with Crippen LogP contribution in [0.1, 0.15) is 24.2 Å². The zero-order chi connectivity index (χ0) is 21.8. The molecule has 6 nitrogen and oxygen atoms in total. The van der Waals surface area contributed by atoms with Crippen LogP contribution in [0.4, 0.5) is 18.9 Å². The maximum Gasteiger partial charge on any atom is 0.387 e. The number of hydrogen-bond donors (Lipinski definition) is 1. The Labute approximate surface area is 171 Å². The molecule has 1 N–H and O–H groups in total. The standard InChI is InChI=1S/C18H18ClF3N2O4S/c1-3-24(4-2)29(26,27)16-9-11(5-7-14(16)20)17(25)23-12-6-8-15(13(19)10-12)28-18(21)22/h5-10,18H,3-4H2,1-2H3,(H,23,25). The van der Waals surface area contributed by atoms with Crippen LogP contribution in [0, 0.1) is 5.82 Å². The lowest BCUT2D eigenvalue weighted by molar-refractivity contribution is -0.0497. The molecule has 2 rings (SSSR count). The highest BCUT2D eigenvalue weighted by atomic mass is 35.5. The van der Waals surface area contributed by atoms with E-state index in [4.69, 9.17) is 11.6 Å². The minimum atomic E-state index is -4.11. The van der Waals surface area contributed by atoms with Gasteiger partial charge in [-0.2, -0.15) is 13.1 Å². The first-order valence-electron chi connectivity index (χ1n) is 8.45. The van der Waals surface area contributed by atoms with Crippen LogP contribution in [-0.4, -0.2) is 38.3 Å². The molecule has 0 atom stereocenters. The number of nitrogens with one attached hydrogen (secondary N) is 1. The fraction of sp³-hybridized carbons (Fsp3) is 0.278. The Hall–Kier alpha value is -2.30. The van der Waals surface area contributed by atoms with Gasteiger partial charge in [0.2, 0.25) is 10.0 Å². The summed E-state index contributed by atoms with van der Waals surface area (Å²) in [5.41, 5.74) is 0.0419. The number of anilines is 1. The summed E-state index contributed by atoms with van der Waals surface area (Å²) in [5.74, 6) is -1.99. The molecule has 2 aromatic rings.